The number of halogens is 2. The number of ether oxygens (including phenoxy) is 1. The summed E-state index contributed by atoms with van der Waals surface area (Å²) in [5.41, 5.74) is 16.8. The van der Waals surface area contributed by atoms with Crippen LogP contribution < -0.4 is 26.8 Å². The molecule has 7 rings (SSSR count). The van der Waals surface area contributed by atoms with E-state index in [1.54, 1.807) is 42.5 Å². The Kier molecular flexibility index (Phi) is 10.7. The van der Waals surface area contributed by atoms with Crippen LogP contribution in [0, 0.1) is 10.1 Å². The largest absolute Gasteiger partial charge is 0.489 e. The van der Waals surface area contributed by atoms with Crippen molar-refractivity contribution in [2.45, 2.75) is 12.5 Å². The second-order valence-electron chi connectivity index (χ2n) is 11.9. The molecule has 0 saturated heterocycles. The van der Waals surface area contributed by atoms with E-state index in [0.717, 1.165) is 33.9 Å². The first kappa shape index (κ1) is 36.4. The van der Waals surface area contributed by atoms with Gasteiger partial charge in [0, 0.05) is 45.0 Å². The number of nitrogens with zero attached hydrogens (tertiary/aromatic N) is 3. The van der Waals surface area contributed by atoms with Crippen LogP contribution in [0.1, 0.15) is 42.7 Å². The number of benzene rings is 5. The number of hydrogen-bond acceptors (Lipinski definition) is 12. The highest BCUT2D eigenvalue weighted by Crippen LogP contribution is 2.44. The Labute approximate surface area is 327 Å². The number of ketones is 1. The van der Waals surface area contributed by atoms with Gasteiger partial charge in [-0.3, -0.25) is 14.9 Å². The Morgan fingerprint density at radius 1 is 0.778 bits per heavy atom. The van der Waals surface area contributed by atoms with Gasteiger partial charge < -0.3 is 26.8 Å². The number of carbonyl (C=O) groups excluding carboxylic acids is 1. The van der Waals surface area contributed by atoms with Crippen molar-refractivity contribution >= 4 is 90.6 Å². The predicted octanol–water partition coefficient (Wildman–Crippen LogP) is 10.5. The van der Waals surface area contributed by atoms with E-state index in [1.807, 2.05) is 66.7 Å². The van der Waals surface area contributed by atoms with E-state index in [0.29, 0.717) is 48.6 Å². The summed E-state index contributed by atoms with van der Waals surface area (Å²) in [6.45, 7) is 0.453. The summed E-state index contributed by atoms with van der Waals surface area (Å²) in [5, 5.41) is 19.4. The average Bonchev–Trinajstić information content (AvgIpc) is 3.72. The van der Waals surface area contributed by atoms with Crippen molar-refractivity contribution in [2.75, 3.05) is 22.1 Å². The number of aromatic nitrogens is 2. The van der Waals surface area contributed by atoms with Crippen LogP contribution in [0.3, 0.4) is 0 Å². The third-order valence-corrected chi connectivity index (χ3v) is 10.8. The lowest BCUT2D eigenvalue weighted by molar-refractivity contribution is -0.384. The molecular weight excluding hydrogens is 766 g/mol. The number of thiazole rings is 2. The van der Waals surface area contributed by atoms with Crippen molar-refractivity contribution in [3.63, 3.8) is 0 Å². The van der Waals surface area contributed by atoms with Crippen molar-refractivity contribution in [2.24, 2.45) is 0 Å². The van der Waals surface area contributed by atoms with Crippen molar-refractivity contribution in [1.82, 2.24) is 9.97 Å². The van der Waals surface area contributed by atoms with Gasteiger partial charge >= 0.3 is 0 Å². The van der Waals surface area contributed by atoms with Crippen LogP contribution in [-0.2, 0) is 6.61 Å². The molecule has 2 aromatic heterocycles. The van der Waals surface area contributed by atoms with Crippen LogP contribution in [-0.4, -0.2) is 20.7 Å². The first-order chi connectivity index (χ1) is 26.1. The third kappa shape index (κ3) is 8.29. The van der Waals surface area contributed by atoms with Gasteiger partial charge in [0.1, 0.15) is 28.9 Å². The van der Waals surface area contributed by atoms with Crippen molar-refractivity contribution in [3.8, 4) is 5.75 Å². The first-order valence-corrected chi connectivity index (χ1v) is 18.7. The van der Waals surface area contributed by atoms with E-state index in [4.69, 9.17) is 39.4 Å². The average molecular weight is 795 g/mol. The molecule has 0 aliphatic rings. The fourth-order valence-electron chi connectivity index (χ4n) is 5.70. The number of nitro groups is 1. The zero-order valence-corrected chi connectivity index (χ0v) is 31.2. The Hall–Kier alpha value is -5.99. The summed E-state index contributed by atoms with van der Waals surface area (Å²) in [4.78, 5) is 35.0. The van der Waals surface area contributed by atoms with E-state index in [1.165, 1.54) is 23.5 Å². The number of nitrogens with one attached hydrogen (secondary N) is 2. The first-order valence-electron chi connectivity index (χ1n) is 16.3. The number of non-ortho nitro benzene ring substituents is 1. The Morgan fingerprint density at radius 3 is 2.20 bits per heavy atom. The van der Waals surface area contributed by atoms with E-state index >= 15 is 0 Å². The van der Waals surface area contributed by atoms with E-state index < -0.39 is 16.6 Å². The molecule has 2 heterocycles. The van der Waals surface area contributed by atoms with Gasteiger partial charge in [-0.1, -0.05) is 94.4 Å². The molecule has 0 aliphatic heterocycles. The molecule has 0 spiro atoms. The molecule has 0 saturated carbocycles. The van der Waals surface area contributed by atoms with Crippen LogP contribution in [0.2, 0.25) is 10.0 Å². The number of nitro benzene ring substituents is 1. The highest BCUT2D eigenvalue weighted by Gasteiger charge is 2.30. The second-order valence-corrected chi connectivity index (χ2v) is 14.8. The number of carbonyl (C=O) groups is 1. The lowest BCUT2D eigenvalue weighted by Gasteiger charge is -2.20. The number of nitrogens with two attached hydrogens (primary N) is 2. The number of nitrogen functional groups attached to an aromatic ring is 2. The fourth-order valence-corrected chi connectivity index (χ4v) is 7.92. The molecule has 6 N–H and O–H groups in total. The molecule has 1 atom stereocenters. The molecule has 270 valence electrons. The quantitative estimate of drug-likeness (QED) is 0.0500. The molecule has 54 heavy (non-hydrogen) atoms. The van der Waals surface area contributed by atoms with Crippen molar-refractivity contribution < 1.29 is 14.5 Å². The maximum absolute atomic E-state index is 14.4. The zero-order valence-electron chi connectivity index (χ0n) is 28.0. The molecule has 15 heteroatoms. The van der Waals surface area contributed by atoms with Gasteiger partial charge in [0.05, 0.1) is 9.80 Å². The van der Waals surface area contributed by atoms with Crippen molar-refractivity contribution in [1.29, 1.82) is 0 Å². The molecular formula is C39H29Cl2N7O4S2. The molecule has 0 aliphatic carbocycles. The SMILES string of the molecule is Nc1nc(Nc2cccc([N+](=O)[O-])c2)sc1C(=O)c1ccc(Cl)cc1C(c1ccc(Cl)cc1)c1sc(Nc2ccc(OCc3ccccc3)cc2)nc1N. The minimum Gasteiger partial charge on any atom is -0.489 e. The van der Waals surface area contributed by atoms with Gasteiger partial charge in [0.25, 0.3) is 5.69 Å². The number of anilines is 6. The summed E-state index contributed by atoms with van der Waals surface area (Å²) < 4.78 is 5.93. The van der Waals surface area contributed by atoms with E-state index in [2.05, 4.69) is 20.6 Å². The monoisotopic (exact) mass is 793 g/mol. The highest BCUT2D eigenvalue weighted by atomic mass is 35.5. The van der Waals surface area contributed by atoms with E-state index in [9.17, 15) is 14.9 Å². The number of hydrogen-bond donors (Lipinski definition) is 4. The van der Waals surface area contributed by atoms with Crippen LogP contribution >= 0.6 is 45.9 Å². The Morgan fingerprint density at radius 2 is 1.46 bits per heavy atom. The highest BCUT2D eigenvalue weighted by molar-refractivity contribution is 7.18. The molecule has 0 radical (unpaired) electrons. The van der Waals surface area contributed by atoms with Gasteiger partial charge in [0.2, 0.25) is 5.78 Å². The van der Waals surface area contributed by atoms with Gasteiger partial charge in [-0.05, 0) is 77.4 Å². The smallest absolute Gasteiger partial charge is 0.271 e. The maximum Gasteiger partial charge on any atom is 0.271 e. The number of rotatable bonds is 13. The topological polar surface area (TPSA) is 171 Å². The van der Waals surface area contributed by atoms with Gasteiger partial charge in [0.15, 0.2) is 10.3 Å². The van der Waals surface area contributed by atoms with Gasteiger partial charge in [-0.15, -0.1) is 0 Å². The summed E-state index contributed by atoms with van der Waals surface area (Å²) in [5.74, 6) is 0.0156. The van der Waals surface area contributed by atoms with Crippen LogP contribution in [0.25, 0.3) is 0 Å². The Balaban J connectivity index is 1.19. The Bertz CT molecular complexity index is 2460. The van der Waals surface area contributed by atoms with Gasteiger partial charge in [-0.2, -0.15) is 0 Å². The molecule has 7 aromatic rings. The third-order valence-electron chi connectivity index (χ3n) is 8.24. The lowest BCUT2D eigenvalue weighted by atomic mass is 9.85. The van der Waals surface area contributed by atoms with Crippen molar-refractivity contribution in [3.05, 3.63) is 173 Å². The predicted molar refractivity (Wildman–Crippen MR) is 217 cm³/mol. The minimum atomic E-state index is -0.585. The summed E-state index contributed by atoms with van der Waals surface area (Å²) >= 11 is 15.3. The maximum atomic E-state index is 14.4. The normalized spacial score (nSPS) is 11.5. The van der Waals surface area contributed by atoms with E-state index in [-0.39, 0.29) is 22.2 Å². The van der Waals surface area contributed by atoms with Crippen LogP contribution in [0.15, 0.2) is 121 Å². The van der Waals surface area contributed by atoms with Crippen LogP contribution in [0.4, 0.5) is 39.0 Å². The zero-order chi connectivity index (χ0) is 37.8. The summed E-state index contributed by atoms with van der Waals surface area (Å²) in [6, 6.07) is 35.7. The lowest BCUT2D eigenvalue weighted by Crippen LogP contribution is -2.12. The minimum absolute atomic E-state index is 0.00199. The second kappa shape index (κ2) is 15.9. The summed E-state index contributed by atoms with van der Waals surface area (Å²) in [7, 11) is 0. The van der Waals surface area contributed by atoms with Gasteiger partial charge in [-0.25, -0.2) is 9.97 Å². The standard InChI is InChI=1S/C39H29Cl2N7O4S2/c40-24-11-9-23(10-12-24)32(34-36(42)46-38(53-34)44-26-14-16-29(17-15-26)52-21-22-5-2-1-3-6-22)31-19-25(41)13-18-30(31)33(49)35-37(43)47-39(54-35)45-27-7-4-8-28(20-27)48(50)51/h1-20,32H,21,42-43H2,(H,44,46)(H,45,47). The molecule has 0 bridgehead atoms. The molecule has 0 amide bonds. The molecule has 5 aromatic carbocycles. The molecule has 11 nitrogen and oxygen atoms in total. The molecule has 1 unspecified atom stereocenters. The summed E-state index contributed by atoms with van der Waals surface area (Å²) in [6.07, 6.45) is 0. The fraction of sp³-hybridized carbons (Fsp3) is 0.0513. The molecule has 0 fully saturated rings. The van der Waals surface area contributed by atoms with Crippen LogP contribution in [0.5, 0.6) is 5.75 Å².